The van der Waals surface area contributed by atoms with Crippen molar-refractivity contribution in [3.8, 4) is 0 Å². The van der Waals surface area contributed by atoms with Crippen molar-refractivity contribution in [3.63, 3.8) is 0 Å². The minimum atomic E-state index is -0.0346. The molecule has 1 amide bonds. The van der Waals surface area contributed by atoms with Gasteiger partial charge in [0.1, 0.15) is 0 Å². The van der Waals surface area contributed by atoms with E-state index in [9.17, 15) is 4.79 Å². The number of nitrogens with one attached hydrogen (secondary N) is 1. The molecule has 0 aliphatic carbocycles. The fourth-order valence-corrected chi connectivity index (χ4v) is 1.19. The van der Waals surface area contributed by atoms with Crippen LogP contribution < -0.4 is 11.1 Å². The quantitative estimate of drug-likeness (QED) is 0.705. The number of carbonyl (C=O) groups excluding carboxylic acids is 1. The lowest BCUT2D eigenvalue weighted by atomic mass is 10.1. The molecule has 14 heavy (non-hydrogen) atoms. The van der Waals surface area contributed by atoms with E-state index in [0.717, 1.165) is 6.42 Å². The lowest BCUT2D eigenvalue weighted by Gasteiger charge is -2.23. The maximum absolute atomic E-state index is 11.6. The molecule has 84 valence electrons. The first kappa shape index (κ1) is 13.8. The topological polar surface area (TPSA) is 55.1 Å². The van der Waals surface area contributed by atoms with Crippen molar-refractivity contribution in [1.82, 2.24) is 5.32 Å². The van der Waals surface area contributed by atoms with E-state index >= 15 is 0 Å². The molecule has 0 radical (unpaired) electrons. The molecule has 0 rings (SSSR count). The normalized spacial score (nSPS) is 13.8. The predicted molar refractivity (Wildman–Crippen MR) is 63.4 cm³/mol. The van der Waals surface area contributed by atoms with Gasteiger partial charge in [0.2, 0.25) is 5.91 Å². The molecule has 0 bridgehead atoms. The number of nitrogens with two attached hydrogens (primary N) is 1. The third-order valence-corrected chi connectivity index (χ3v) is 3.64. The number of hydrogen-bond donors (Lipinski definition) is 2. The van der Waals surface area contributed by atoms with Gasteiger partial charge in [-0.1, -0.05) is 6.92 Å². The lowest BCUT2D eigenvalue weighted by molar-refractivity contribution is -0.124. The summed E-state index contributed by atoms with van der Waals surface area (Å²) in [5, 5.41) is 2.94. The number of hydrogen-bond acceptors (Lipinski definition) is 3. The van der Waals surface area contributed by atoms with E-state index in [2.05, 4.69) is 19.2 Å². The van der Waals surface area contributed by atoms with Crippen molar-refractivity contribution in [3.05, 3.63) is 0 Å². The molecule has 4 heteroatoms. The Hall–Kier alpha value is -0.220. The molecule has 3 N–H and O–H groups in total. The van der Waals surface area contributed by atoms with Gasteiger partial charge in [0, 0.05) is 23.8 Å². The summed E-state index contributed by atoms with van der Waals surface area (Å²) in [6, 6.07) is 0. The Morgan fingerprint density at radius 3 is 2.50 bits per heavy atom. The summed E-state index contributed by atoms with van der Waals surface area (Å²) in [6.07, 6.45) is 2.86. The van der Waals surface area contributed by atoms with Gasteiger partial charge in [0.25, 0.3) is 0 Å². The zero-order valence-corrected chi connectivity index (χ0v) is 10.4. The van der Waals surface area contributed by atoms with Crippen molar-refractivity contribution in [2.45, 2.75) is 31.9 Å². The van der Waals surface area contributed by atoms with Gasteiger partial charge in [-0.3, -0.25) is 4.79 Å². The summed E-state index contributed by atoms with van der Waals surface area (Å²) in [5.74, 6) is 0.0461. The van der Waals surface area contributed by atoms with Crippen LogP contribution in [0.2, 0.25) is 0 Å². The van der Waals surface area contributed by atoms with Crippen LogP contribution in [0.1, 0.15) is 27.2 Å². The highest BCUT2D eigenvalue weighted by Gasteiger charge is 2.20. The third-order valence-electron chi connectivity index (χ3n) is 2.39. The van der Waals surface area contributed by atoms with Gasteiger partial charge in [0.15, 0.2) is 0 Å². The molecule has 1 atom stereocenters. The van der Waals surface area contributed by atoms with Crippen LogP contribution in [0.4, 0.5) is 0 Å². The van der Waals surface area contributed by atoms with E-state index < -0.39 is 0 Å². The van der Waals surface area contributed by atoms with Crippen molar-refractivity contribution < 1.29 is 4.79 Å². The van der Waals surface area contributed by atoms with Gasteiger partial charge < -0.3 is 11.1 Å². The minimum absolute atomic E-state index is 0.0346. The summed E-state index contributed by atoms with van der Waals surface area (Å²) >= 11 is 1.75. The molecule has 0 heterocycles. The Morgan fingerprint density at radius 1 is 1.57 bits per heavy atom. The molecule has 0 aliphatic heterocycles. The molecule has 0 aliphatic rings. The van der Waals surface area contributed by atoms with Gasteiger partial charge in [-0.25, -0.2) is 0 Å². The summed E-state index contributed by atoms with van der Waals surface area (Å²) in [5.41, 5.74) is 5.49. The largest absolute Gasteiger partial charge is 0.354 e. The van der Waals surface area contributed by atoms with Gasteiger partial charge in [-0.15, -0.1) is 0 Å². The molecule has 0 aromatic rings. The van der Waals surface area contributed by atoms with Crippen LogP contribution in [0.3, 0.4) is 0 Å². The molecular formula is C10H22N2OS. The predicted octanol–water partition coefficient (Wildman–Crippen LogP) is 1.23. The maximum atomic E-state index is 11.6. The van der Waals surface area contributed by atoms with Crippen molar-refractivity contribution >= 4 is 17.7 Å². The summed E-state index contributed by atoms with van der Waals surface area (Å²) in [6.45, 7) is 7.34. The molecule has 0 aromatic heterocycles. The standard InChI is InChI=1S/C10H22N2OS/c1-5-8(6-11)9(13)12-7-10(2,3)14-4/h8H,5-7,11H2,1-4H3,(H,12,13). The highest BCUT2D eigenvalue weighted by molar-refractivity contribution is 7.99. The smallest absolute Gasteiger partial charge is 0.224 e. The number of thioether (sulfide) groups is 1. The molecule has 0 spiro atoms. The van der Waals surface area contributed by atoms with Crippen LogP contribution in [-0.4, -0.2) is 30.0 Å². The first-order chi connectivity index (χ1) is 6.46. The van der Waals surface area contributed by atoms with Crippen LogP contribution in [-0.2, 0) is 4.79 Å². The van der Waals surface area contributed by atoms with E-state index in [1.165, 1.54) is 0 Å². The molecule has 1 unspecified atom stereocenters. The Labute approximate surface area is 91.2 Å². The molecule has 0 saturated heterocycles. The average molecular weight is 218 g/mol. The second-order valence-corrected chi connectivity index (χ2v) is 5.54. The fourth-order valence-electron chi connectivity index (χ4n) is 0.976. The first-order valence-electron chi connectivity index (χ1n) is 4.99. The Bertz CT molecular complexity index is 179. The van der Waals surface area contributed by atoms with E-state index in [-0.39, 0.29) is 16.6 Å². The maximum Gasteiger partial charge on any atom is 0.224 e. The van der Waals surface area contributed by atoms with Crippen LogP contribution in [0.15, 0.2) is 0 Å². The van der Waals surface area contributed by atoms with Gasteiger partial charge in [0.05, 0.1) is 0 Å². The highest BCUT2D eigenvalue weighted by Crippen LogP contribution is 2.19. The average Bonchev–Trinajstić information content (AvgIpc) is 2.17. The highest BCUT2D eigenvalue weighted by atomic mass is 32.2. The SMILES string of the molecule is CCC(CN)C(=O)NCC(C)(C)SC. The van der Waals surface area contributed by atoms with E-state index in [1.807, 2.05) is 13.2 Å². The molecule has 3 nitrogen and oxygen atoms in total. The number of carbonyl (C=O) groups is 1. The lowest BCUT2D eigenvalue weighted by Crippen LogP contribution is -2.41. The number of rotatable bonds is 6. The van der Waals surface area contributed by atoms with E-state index in [4.69, 9.17) is 5.73 Å². The zero-order valence-electron chi connectivity index (χ0n) is 9.59. The van der Waals surface area contributed by atoms with Gasteiger partial charge in [-0.05, 0) is 26.5 Å². The van der Waals surface area contributed by atoms with E-state index in [0.29, 0.717) is 13.1 Å². The Kier molecular flexibility index (Phi) is 6.20. The minimum Gasteiger partial charge on any atom is -0.354 e. The summed E-state index contributed by atoms with van der Waals surface area (Å²) in [4.78, 5) is 11.6. The van der Waals surface area contributed by atoms with Gasteiger partial charge in [-0.2, -0.15) is 11.8 Å². The van der Waals surface area contributed by atoms with Gasteiger partial charge >= 0.3 is 0 Å². The Morgan fingerprint density at radius 2 is 2.14 bits per heavy atom. The van der Waals surface area contributed by atoms with Crippen molar-refractivity contribution in [2.75, 3.05) is 19.3 Å². The second-order valence-electron chi connectivity index (χ2n) is 4.02. The molecular weight excluding hydrogens is 196 g/mol. The third kappa shape index (κ3) is 4.86. The first-order valence-corrected chi connectivity index (χ1v) is 6.22. The fraction of sp³-hybridized carbons (Fsp3) is 0.900. The zero-order chi connectivity index (χ0) is 11.2. The monoisotopic (exact) mass is 218 g/mol. The number of amides is 1. The summed E-state index contributed by atoms with van der Waals surface area (Å²) in [7, 11) is 0. The second kappa shape index (κ2) is 6.30. The van der Waals surface area contributed by atoms with Crippen LogP contribution in [0.5, 0.6) is 0 Å². The van der Waals surface area contributed by atoms with Crippen molar-refractivity contribution in [2.24, 2.45) is 11.7 Å². The summed E-state index contributed by atoms with van der Waals surface area (Å²) < 4.78 is 0.0998. The van der Waals surface area contributed by atoms with E-state index in [1.54, 1.807) is 11.8 Å². The molecule has 0 fully saturated rings. The van der Waals surface area contributed by atoms with Crippen LogP contribution in [0, 0.1) is 5.92 Å². The molecule has 0 aromatic carbocycles. The van der Waals surface area contributed by atoms with Crippen LogP contribution in [0.25, 0.3) is 0 Å². The van der Waals surface area contributed by atoms with Crippen molar-refractivity contribution in [1.29, 1.82) is 0 Å². The molecule has 0 saturated carbocycles. The Balaban J connectivity index is 3.95. The van der Waals surface area contributed by atoms with Crippen LogP contribution >= 0.6 is 11.8 Å².